The largest absolute Gasteiger partial charge is 0.496 e. The van der Waals surface area contributed by atoms with E-state index < -0.39 is 0 Å². The molecule has 1 unspecified atom stereocenters. The highest BCUT2D eigenvalue weighted by molar-refractivity contribution is 5.54. The second-order valence-electron chi connectivity index (χ2n) is 9.42. The summed E-state index contributed by atoms with van der Waals surface area (Å²) in [6.45, 7) is 15.6. The van der Waals surface area contributed by atoms with Gasteiger partial charge in [-0.15, -0.1) is 0 Å². The van der Waals surface area contributed by atoms with Crippen LogP contribution in [0.15, 0.2) is 30.3 Å². The number of fused-ring (bicyclic) bond motifs is 1. The molecule has 0 spiro atoms. The monoisotopic (exact) mass is 440 g/mol. The summed E-state index contributed by atoms with van der Waals surface area (Å²) in [5.41, 5.74) is 4.82. The molecule has 1 heterocycles. The van der Waals surface area contributed by atoms with Crippen molar-refractivity contribution in [3.8, 4) is 17.2 Å². The number of rotatable bonds is 9. The van der Waals surface area contributed by atoms with Crippen molar-refractivity contribution in [1.29, 1.82) is 0 Å². The lowest BCUT2D eigenvalue weighted by Gasteiger charge is -2.31. The number of hydrogen-bond donors (Lipinski definition) is 1. The molecule has 1 aliphatic rings. The molecule has 32 heavy (non-hydrogen) atoms. The van der Waals surface area contributed by atoms with Gasteiger partial charge in [-0.05, 0) is 60.3 Å². The van der Waals surface area contributed by atoms with Gasteiger partial charge in [-0.2, -0.15) is 0 Å². The lowest BCUT2D eigenvalue weighted by Crippen LogP contribution is -2.31. The van der Waals surface area contributed by atoms with Crippen LogP contribution in [0.4, 0.5) is 0 Å². The molecule has 5 nitrogen and oxygen atoms in total. The number of likely N-dealkylation sites (N-methyl/N-ethyl adjacent to an activating group) is 1. The van der Waals surface area contributed by atoms with Crippen LogP contribution in [0, 0.1) is 0 Å². The molecule has 2 aromatic rings. The van der Waals surface area contributed by atoms with Crippen molar-refractivity contribution in [2.24, 2.45) is 0 Å². The predicted molar refractivity (Wildman–Crippen MR) is 132 cm³/mol. The number of nitrogens with zero attached hydrogens (tertiary/aromatic N) is 1. The van der Waals surface area contributed by atoms with Crippen molar-refractivity contribution in [2.45, 2.75) is 52.5 Å². The first-order valence-electron chi connectivity index (χ1n) is 11.8. The third-order valence-corrected chi connectivity index (χ3v) is 6.41. The Morgan fingerprint density at radius 1 is 0.969 bits per heavy atom. The van der Waals surface area contributed by atoms with Crippen LogP contribution in [0.2, 0.25) is 0 Å². The van der Waals surface area contributed by atoms with Crippen molar-refractivity contribution in [3.63, 3.8) is 0 Å². The fraction of sp³-hybridized carbons (Fsp3) is 0.556. The van der Waals surface area contributed by atoms with Crippen LogP contribution >= 0.6 is 0 Å². The van der Waals surface area contributed by atoms with Crippen LogP contribution in [0.5, 0.6) is 17.2 Å². The van der Waals surface area contributed by atoms with E-state index in [9.17, 15) is 0 Å². The topological polar surface area (TPSA) is 43.0 Å². The summed E-state index contributed by atoms with van der Waals surface area (Å²) in [6.07, 6.45) is 0.985. The molecular weight excluding hydrogens is 400 g/mol. The van der Waals surface area contributed by atoms with Gasteiger partial charge < -0.3 is 24.4 Å². The van der Waals surface area contributed by atoms with E-state index in [1.807, 2.05) is 0 Å². The van der Waals surface area contributed by atoms with E-state index in [-0.39, 0.29) is 11.5 Å². The van der Waals surface area contributed by atoms with E-state index >= 15 is 0 Å². The molecule has 1 N–H and O–H groups in total. The Kier molecular flexibility index (Phi) is 8.07. The highest BCUT2D eigenvalue weighted by Crippen LogP contribution is 2.42. The van der Waals surface area contributed by atoms with Crippen molar-refractivity contribution in [3.05, 3.63) is 52.6 Å². The van der Waals surface area contributed by atoms with Gasteiger partial charge in [0.1, 0.15) is 23.9 Å². The summed E-state index contributed by atoms with van der Waals surface area (Å²) in [4.78, 5) is 2.37. The molecule has 1 aliphatic heterocycles. The number of nitrogens with one attached hydrogen (secondary N) is 1. The Morgan fingerprint density at radius 2 is 1.69 bits per heavy atom. The minimum Gasteiger partial charge on any atom is -0.496 e. The van der Waals surface area contributed by atoms with Gasteiger partial charge in [0, 0.05) is 24.2 Å². The van der Waals surface area contributed by atoms with Crippen molar-refractivity contribution in [1.82, 2.24) is 10.2 Å². The molecule has 0 saturated heterocycles. The predicted octanol–water partition coefficient (Wildman–Crippen LogP) is 4.96. The first-order chi connectivity index (χ1) is 15.3. The van der Waals surface area contributed by atoms with Gasteiger partial charge in [0.05, 0.1) is 20.3 Å². The van der Waals surface area contributed by atoms with Gasteiger partial charge in [-0.1, -0.05) is 40.7 Å². The lowest BCUT2D eigenvalue weighted by atomic mass is 9.83. The molecule has 0 aromatic heterocycles. The Morgan fingerprint density at radius 3 is 2.31 bits per heavy atom. The molecular formula is C27H40N2O3. The summed E-state index contributed by atoms with van der Waals surface area (Å²) < 4.78 is 17.7. The van der Waals surface area contributed by atoms with Crippen molar-refractivity contribution < 1.29 is 14.2 Å². The zero-order valence-electron chi connectivity index (χ0n) is 20.9. The molecule has 176 valence electrons. The highest BCUT2D eigenvalue weighted by atomic mass is 16.5. The van der Waals surface area contributed by atoms with Crippen LogP contribution in [0.1, 0.15) is 62.9 Å². The summed E-state index contributed by atoms with van der Waals surface area (Å²) in [5, 5.41) is 3.69. The summed E-state index contributed by atoms with van der Waals surface area (Å²) in [6, 6.07) is 10.8. The van der Waals surface area contributed by atoms with E-state index in [1.54, 1.807) is 14.2 Å². The van der Waals surface area contributed by atoms with Crippen LogP contribution in [-0.4, -0.2) is 51.9 Å². The Bertz CT molecular complexity index is 901. The molecule has 0 fully saturated rings. The van der Waals surface area contributed by atoms with Gasteiger partial charge in [0.25, 0.3) is 0 Å². The van der Waals surface area contributed by atoms with E-state index in [4.69, 9.17) is 14.2 Å². The lowest BCUT2D eigenvalue weighted by molar-refractivity contribution is 0.222. The van der Waals surface area contributed by atoms with Gasteiger partial charge in [0.15, 0.2) is 0 Å². The zero-order valence-corrected chi connectivity index (χ0v) is 20.9. The second-order valence-corrected chi connectivity index (χ2v) is 9.42. The third kappa shape index (κ3) is 5.38. The van der Waals surface area contributed by atoms with Crippen LogP contribution in [0.25, 0.3) is 0 Å². The average Bonchev–Trinajstić information content (AvgIpc) is 2.79. The molecule has 0 aliphatic carbocycles. The van der Waals surface area contributed by atoms with Crippen molar-refractivity contribution in [2.75, 3.05) is 47.0 Å². The molecule has 0 saturated carbocycles. The first-order valence-corrected chi connectivity index (χ1v) is 11.8. The Balaban J connectivity index is 1.89. The van der Waals surface area contributed by atoms with E-state index in [0.29, 0.717) is 6.61 Å². The normalized spacial score (nSPS) is 16.1. The number of methoxy groups -OCH3 is 2. The molecule has 2 aromatic carbocycles. The van der Waals surface area contributed by atoms with E-state index in [0.717, 1.165) is 61.0 Å². The van der Waals surface area contributed by atoms with Crippen LogP contribution < -0.4 is 19.5 Å². The molecule has 0 amide bonds. The maximum absolute atomic E-state index is 6.08. The van der Waals surface area contributed by atoms with Gasteiger partial charge in [-0.3, -0.25) is 0 Å². The SMILES string of the molecule is CCN(CC)CCOc1ccc2c(c1)CCNC2c1cc(OC)c(C(C)(C)C)cc1OC. The molecule has 0 radical (unpaired) electrons. The van der Waals surface area contributed by atoms with Crippen molar-refractivity contribution >= 4 is 0 Å². The number of benzene rings is 2. The van der Waals surface area contributed by atoms with Gasteiger partial charge in [-0.25, -0.2) is 0 Å². The summed E-state index contributed by atoms with van der Waals surface area (Å²) in [5.74, 6) is 2.74. The summed E-state index contributed by atoms with van der Waals surface area (Å²) >= 11 is 0. The maximum atomic E-state index is 6.08. The molecule has 5 heteroatoms. The van der Waals surface area contributed by atoms with Gasteiger partial charge >= 0.3 is 0 Å². The minimum atomic E-state index is -0.0353. The average molecular weight is 441 g/mol. The second kappa shape index (κ2) is 10.6. The number of hydrogen-bond acceptors (Lipinski definition) is 5. The standard InChI is InChI=1S/C27H40N2O3/c1-8-29(9-2)14-15-32-20-10-11-21-19(16-20)12-13-28-26(21)22-17-25(31-7)23(27(3,4)5)18-24(22)30-6/h10-11,16-18,26,28H,8-9,12-15H2,1-7H3. The quantitative estimate of drug-likeness (QED) is 0.597. The molecule has 1 atom stereocenters. The first kappa shape index (κ1) is 24.4. The third-order valence-electron chi connectivity index (χ3n) is 6.41. The molecule has 3 rings (SSSR count). The van der Waals surface area contributed by atoms with Gasteiger partial charge in [0.2, 0.25) is 0 Å². The maximum Gasteiger partial charge on any atom is 0.124 e. The zero-order chi connectivity index (χ0) is 23.3. The fourth-order valence-corrected chi connectivity index (χ4v) is 4.47. The minimum absolute atomic E-state index is 0.0353. The van der Waals surface area contributed by atoms with E-state index in [2.05, 4.69) is 75.2 Å². The Hall–Kier alpha value is -2.24. The number of ether oxygens (including phenoxy) is 3. The smallest absolute Gasteiger partial charge is 0.124 e. The van der Waals surface area contributed by atoms with E-state index in [1.165, 1.54) is 11.1 Å². The summed E-state index contributed by atoms with van der Waals surface area (Å²) in [7, 11) is 3.49. The Labute approximate surface area is 194 Å². The fourth-order valence-electron chi connectivity index (χ4n) is 4.47. The van der Waals surface area contributed by atoms with Crippen LogP contribution in [-0.2, 0) is 11.8 Å². The molecule has 0 bridgehead atoms. The van der Waals surface area contributed by atoms with Crippen LogP contribution in [0.3, 0.4) is 0 Å². The highest BCUT2D eigenvalue weighted by Gasteiger charge is 2.28.